The first-order valence-electron chi connectivity index (χ1n) is 7.96. The summed E-state index contributed by atoms with van der Waals surface area (Å²) in [6.45, 7) is 2.00. The minimum Gasteiger partial charge on any atom is -0.431 e. The van der Waals surface area contributed by atoms with Crippen LogP contribution in [0.15, 0.2) is 18.2 Å². The summed E-state index contributed by atoms with van der Waals surface area (Å²) in [6.07, 6.45) is 6.27. The molecule has 114 valence electrons. The quantitative estimate of drug-likeness (QED) is 0.799. The molecule has 3 rings (SSSR count). The van der Waals surface area contributed by atoms with Gasteiger partial charge in [-0.25, -0.2) is 4.39 Å². The first-order valence-corrected chi connectivity index (χ1v) is 7.96. The lowest BCUT2D eigenvalue weighted by Gasteiger charge is -2.25. The van der Waals surface area contributed by atoms with Crippen molar-refractivity contribution < 1.29 is 18.5 Å². The molecule has 2 saturated heterocycles. The van der Waals surface area contributed by atoms with Crippen molar-refractivity contribution in [3.05, 3.63) is 29.6 Å². The van der Waals surface area contributed by atoms with Gasteiger partial charge in [0.1, 0.15) is 5.82 Å². The van der Waals surface area contributed by atoms with Crippen LogP contribution >= 0.6 is 0 Å². The van der Waals surface area contributed by atoms with E-state index >= 15 is 0 Å². The van der Waals surface area contributed by atoms with Gasteiger partial charge in [-0.05, 0) is 55.2 Å². The van der Waals surface area contributed by atoms with E-state index in [0.717, 1.165) is 62.7 Å². The summed E-state index contributed by atoms with van der Waals surface area (Å²) in [5.74, 6) is -0.224. The predicted molar refractivity (Wildman–Crippen MR) is 80.2 cm³/mol. The van der Waals surface area contributed by atoms with Crippen molar-refractivity contribution in [2.24, 2.45) is 0 Å². The molecule has 0 N–H and O–H groups in total. The van der Waals surface area contributed by atoms with Gasteiger partial charge < -0.3 is 14.1 Å². The van der Waals surface area contributed by atoms with Crippen molar-refractivity contribution >= 4 is 12.4 Å². The van der Waals surface area contributed by atoms with E-state index in [1.165, 1.54) is 6.07 Å². The fourth-order valence-corrected chi connectivity index (χ4v) is 3.02. The number of hydrogen-bond acceptors (Lipinski definition) is 3. The molecular formula is C16H22BFO3. The third kappa shape index (κ3) is 4.06. The van der Waals surface area contributed by atoms with Gasteiger partial charge in [0.2, 0.25) is 0 Å². The number of halogens is 1. The molecule has 0 amide bonds. The second-order valence-electron chi connectivity index (χ2n) is 5.81. The third-order valence-corrected chi connectivity index (χ3v) is 4.19. The van der Waals surface area contributed by atoms with Crippen LogP contribution < -0.4 is 5.46 Å². The third-order valence-electron chi connectivity index (χ3n) is 4.19. The summed E-state index contributed by atoms with van der Waals surface area (Å²) in [4.78, 5) is 0. The van der Waals surface area contributed by atoms with Gasteiger partial charge in [-0.1, -0.05) is 12.5 Å². The predicted octanol–water partition coefficient (Wildman–Crippen LogP) is 2.88. The highest BCUT2D eigenvalue weighted by Gasteiger charge is 2.25. The van der Waals surface area contributed by atoms with Crippen molar-refractivity contribution in [2.75, 3.05) is 13.2 Å². The average molecular weight is 292 g/mol. The van der Waals surface area contributed by atoms with Gasteiger partial charge in [0, 0.05) is 13.2 Å². The maximum absolute atomic E-state index is 13.6. The fraction of sp³-hybridized carbons (Fsp3) is 0.625. The van der Waals surface area contributed by atoms with Gasteiger partial charge in [0.15, 0.2) is 6.29 Å². The van der Waals surface area contributed by atoms with Crippen molar-refractivity contribution in [2.45, 2.75) is 51.3 Å². The zero-order valence-corrected chi connectivity index (χ0v) is 12.4. The summed E-state index contributed by atoms with van der Waals surface area (Å²) >= 11 is 0. The fourth-order valence-electron chi connectivity index (χ4n) is 3.02. The first-order chi connectivity index (χ1) is 10.3. The lowest BCUT2D eigenvalue weighted by molar-refractivity contribution is -0.168. The Labute approximate surface area is 125 Å². The molecule has 0 saturated carbocycles. The van der Waals surface area contributed by atoms with Crippen LogP contribution in [0.3, 0.4) is 0 Å². The highest BCUT2D eigenvalue weighted by atomic mass is 19.1. The van der Waals surface area contributed by atoms with E-state index in [0.29, 0.717) is 6.61 Å². The SMILES string of the molecule is Fc1ccc(B2CCCCO2)c(COC2CCCCO2)c1. The summed E-state index contributed by atoms with van der Waals surface area (Å²) in [5.41, 5.74) is 1.95. The summed E-state index contributed by atoms with van der Waals surface area (Å²) in [7, 11) is 0. The number of ether oxygens (including phenoxy) is 2. The van der Waals surface area contributed by atoms with Crippen LogP contribution in [0.5, 0.6) is 0 Å². The zero-order valence-electron chi connectivity index (χ0n) is 12.4. The Bertz CT molecular complexity index is 457. The minimum absolute atomic E-state index is 0.0743. The maximum atomic E-state index is 13.6. The monoisotopic (exact) mass is 292 g/mol. The second-order valence-corrected chi connectivity index (χ2v) is 5.81. The molecule has 2 aliphatic heterocycles. The summed E-state index contributed by atoms with van der Waals surface area (Å²) in [5, 5.41) is 0. The molecular weight excluding hydrogens is 270 g/mol. The molecule has 21 heavy (non-hydrogen) atoms. The Morgan fingerprint density at radius 1 is 1.19 bits per heavy atom. The molecule has 5 heteroatoms. The second kappa shape index (κ2) is 7.39. The van der Waals surface area contributed by atoms with Gasteiger partial charge >= 0.3 is 6.92 Å². The van der Waals surface area contributed by atoms with Crippen LogP contribution in [0, 0.1) is 5.82 Å². The van der Waals surface area contributed by atoms with E-state index in [1.807, 2.05) is 6.07 Å². The van der Waals surface area contributed by atoms with E-state index in [2.05, 4.69) is 0 Å². The number of rotatable bonds is 4. The van der Waals surface area contributed by atoms with Crippen molar-refractivity contribution in [1.82, 2.24) is 0 Å². The van der Waals surface area contributed by atoms with Crippen LogP contribution in [-0.4, -0.2) is 26.4 Å². The lowest BCUT2D eigenvalue weighted by Crippen LogP contribution is -2.39. The Hall–Kier alpha value is -0.905. The zero-order chi connectivity index (χ0) is 14.5. The van der Waals surface area contributed by atoms with E-state index in [4.69, 9.17) is 14.1 Å². The first kappa shape index (κ1) is 15.0. The standard InChI is InChI=1S/C16H22BFO3/c18-14-6-7-15(17-8-2-4-10-21-17)13(11-14)12-20-16-5-1-3-9-19-16/h6-7,11,16H,1-5,8-10,12H2. The van der Waals surface area contributed by atoms with Crippen LogP contribution in [0.1, 0.15) is 37.7 Å². The molecule has 0 bridgehead atoms. The average Bonchev–Trinajstić information content (AvgIpc) is 2.55. The van der Waals surface area contributed by atoms with Gasteiger partial charge in [-0.3, -0.25) is 0 Å². The lowest BCUT2D eigenvalue weighted by atomic mass is 9.55. The minimum atomic E-state index is -0.224. The molecule has 0 aromatic heterocycles. The summed E-state index contributed by atoms with van der Waals surface area (Å²) in [6, 6.07) is 4.91. The molecule has 0 aliphatic carbocycles. The van der Waals surface area contributed by atoms with Crippen LogP contribution in [-0.2, 0) is 20.7 Å². The Morgan fingerprint density at radius 3 is 2.86 bits per heavy atom. The van der Waals surface area contributed by atoms with Crippen LogP contribution in [0.2, 0.25) is 6.32 Å². The molecule has 1 aromatic rings. The summed E-state index contributed by atoms with van der Waals surface area (Å²) < 4.78 is 30.8. The van der Waals surface area contributed by atoms with Crippen molar-refractivity contribution in [3.63, 3.8) is 0 Å². The molecule has 1 unspecified atom stereocenters. The smallest absolute Gasteiger partial charge is 0.326 e. The topological polar surface area (TPSA) is 27.7 Å². The molecule has 1 atom stereocenters. The maximum Gasteiger partial charge on any atom is 0.326 e. The largest absolute Gasteiger partial charge is 0.431 e. The van der Waals surface area contributed by atoms with E-state index in [-0.39, 0.29) is 19.0 Å². The normalized spacial score (nSPS) is 23.3. The Kier molecular flexibility index (Phi) is 5.28. The highest BCUT2D eigenvalue weighted by molar-refractivity contribution is 6.68. The van der Waals surface area contributed by atoms with Crippen LogP contribution in [0.4, 0.5) is 4.39 Å². The molecule has 0 radical (unpaired) electrons. The highest BCUT2D eigenvalue weighted by Crippen LogP contribution is 2.17. The Morgan fingerprint density at radius 2 is 2.10 bits per heavy atom. The molecule has 1 aromatic carbocycles. The molecule has 0 spiro atoms. The van der Waals surface area contributed by atoms with Crippen molar-refractivity contribution in [1.29, 1.82) is 0 Å². The molecule has 2 aliphatic rings. The molecule has 2 fully saturated rings. The van der Waals surface area contributed by atoms with Gasteiger partial charge in [0.25, 0.3) is 0 Å². The van der Waals surface area contributed by atoms with Crippen LogP contribution in [0.25, 0.3) is 0 Å². The number of benzene rings is 1. The van der Waals surface area contributed by atoms with Crippen molar-refractivity contribution in [3.8, 4) is 0 Å². The van der Waals surface area contributed by atoms with E-state index < -0.39 is 0 Å². The van der Waals surface area contributed by atoms with E-state index in [9.17, 15) is 4.39 Å². The van der Waals surface area contributed by atoms with Gasteiger partial charge in [0.05, 0.1) is 6.61 Å². The Balaban J connectivity index is 1.68. The van der Waals surface area contributed by atoms with Gasteiger partial charge in [-0.15, -0.1) is 0 Å². The molecule has 3 nitrogen and oxygen atoms in total. The van der Waals surface area contributed by atoms with E-state index in [1.54, 1.807) is 6.07 Å². The number of hydrogen-bond donors (Lipinski definition) is 0. The van der Waals surface area contributed by atoms with Gasteiger partial charge in [-0.2, -0.15) is 0 Å². The molecule has 2 heterocycles.